The maximum absolute atomic E-state index is 12.8. The number of hydrogen-bond acceptors (Lipinski definition) is 4. The molecule has 0 bridgehead atoms. The Balaban J connectivity index is 0.000000281. The van der Waals surface area contributed by atoms with Gasteiger partial charge in [0.2, 0.25) is 0 Å². The lowest BCUT2D eigenvalue weighted by Gasteiger charge is -2.38. The van der Waals surface area contributed by atoms with Gasteiger partial charge in [0.05, 0.1) is 5.41 Å². The third-order valence-electron chi connectivity index (χ3n) is 6.37. The molecule has 3 aromatic rings. The van der Waals surface area contributed by atoms with Gasteiger partial charge in [-0.1, -0.05) is 57.2 Å². The van der Waals surface area contributed by atoms with Crippen molar-refractivity contribution in [2.45, 2.75) is 52.4 Å². The molecule has 0 amide bonds. The van der Waals surface area contributed by atoms with Gasteiger partial charge in [-0.15, -0.1) is 0 Å². The minimum Gasteiger partial charge on any atom is -0.508 e. The third kappa shape index (κ3) is 4.18. The van der Waals surface area contributed by atoms with E-state index in [9.17, 15) is 19.8 Å². The molecule has 33 heavy (non-hydrogen) atoms. The van der Waals surface area contributed by atoms with Crippen molar-refractivity contribution in [1.29, 1.82) is 0 Å². The summed E-state index contributed by atoms with van der Waals surface area (Å²) in [5.41, 5.74) is 5.55. The monoisotopic (exact) mass is 442 g/mol. The lowest BCUT2D eigenvalue weighted by Crippen LogP contribution is -2.33. The number of fused-ring (bicyclic) bond motifs is 6. The molecule has 0 atom stereocenters. The molecule has 0 unspecified atom stereocenters. The molecule has 4 nitrogen and oxygen atoms in total. The number of carbonyl (C=O) groups excluding carboxylic acids is 2. The first kappa shape index (κ1) is 22.8. The summed E-state index contributed by atoms with van der Waals surface area (Å²) in [6.45, 7) is 7.82. The van der Waals surface area contributed by atoms with Gasteiger partial charge in [-0.2, -0.15) is 0 Å². The zero-order valence-corrected chi connectivity index (χ0v) is 19.6. The number of hydrogen-bond donors (Lipinski definition) is 2. The predicted molar refractivity (Wildman–Crippen MR) is 129 cm³/mol. The van der Waals surface area contributed by atoms with Crippen LogP contribution in [0.4, 0.5) is 0 Å². The Morgan fingerprint density at radius 1 is 0.879 bits per heavy atom. The summed E-state index contributed by atoms with van der Waals surface area (Å²) in [7, 11) is 0. The van der Waals surface area contributed by atoms with E-state index >= 15 is 0 Å². The fraction of sp³-hybridized carbons (Fsp3) is 0.310. The summed E-state index contributed by atoms with van der Waals surface area (Å²) >= 11 is 0. The van der Waals surface area contributed by atoms with Gasteiger partial charge in [-0.05, 0) is 70.8 Å². The molecule has 3 aromatic carbocycles. The highest BCUT2D eigenvalue weighted by Gasteiger charge is 2.49. The number of rotatable bonds is 1. The molecule has 2 aliphatic carbocycles. The molecule has 0 aliphatic heterocycles. The van der Waals surface area contributed by atoms with Crippen molar-refractivity contribution in [3.63, 3.8) is 0 Å². The molecule has 0 saturated heterocycles. The number of carbonyl (C=O) groups is 2. The van der Waals surface area contributed by atoms with Crippen molar-refractivity contribution in [3.05, 3.63) is 94.0 Å². The van der Waals surface area contributed by atoms with Gasteiger partial charge in [0.25, 0.3) is 0 Å². The Hall–Kier alpha value is -3.40. The third-order valence-corrected chi connectivity index (χ3v) is 6.37. The van der Waals surface area contributed by atoms with E-state index in [1.54, 1.807) is 31.2 Å². The van der Waals surface area contributed by atoms with Crippen LogP contribution in [0, 0.1) is 5.41 Å². The zero-order chi connectivity index (χ0) is 24.0. The molecule has 4 heteroatoms. The van der Waals surface area contributed by atoms with E-state index in [0.29, 0.717) is 19.3 Å². The summed E-state index contributed by atoms with van der Waals surface area (Å²) in [4.78, 5) is 23.3. The maximum Gasteiger partial charge on any atom is 0.164 e. The number of phenolic OH excluding ortho intramolecular Hbond substituents is 2. The largest absolute Gasteiger partial charge is 0.508 e. The minimum atomic E-state index is -0.544. The summed E-state index contributed by atoms with van der Waals surface area (Å²) in [6, 6.07) is 18.6. The zero-order valence-electron chi connectivity index (χ0n) is 19.6. The average molecular weight is 443 g/mol. The fourth-order valence-electron chi connectivity index (χ4n) is 5.39. The predicted octanol–water partition coefficient (Wildman–Crippen LogP) is 5.93. The number of Topliss-reactive ketones (excluding diaryl/α,β-unsaturated/α-hetero) is 2. The standard InChI is InChI=1S/C22H16O3.C7H14O/c23-15-5-7-18-13(10-15)9-14-11-16(24)6-8-19(14)22(18)12-21(25)17-3-1-2-4-20(17)22;1-6(8)5-7(2,3)4/h1-8,10-11,23-24H,9,12H2;5H2,1-4H3. The van der Waals surface area contributed by atoms with Gasteiger partial charge >= 0.3 is 0 Å². The summed E-state index contributed by atoms with van der Waals surface area (Å²) < 4.78 is 0. The summed E-state index contributed by atoms with van der Waals surface area (Å²) in [5, 5.41) is 19.9. The lowest BCUT2D eigenvalue weighted by molar-refractivity contribution is -0.118. The van der Waals surface area contributed by atoms with Gasteiger partial charge in [0.15, 0.2) is 5.78 Å². The molecule has 0 radical (unpaired) electrons. The molecule has 0 heterocycles. The van der Waals surface area contributed by atoms with Crippen LogP contribution in [0.3, 0.4) is 0 Å². The van der Waals surface area contributed by atoms with E-state index in [-0.39, 0.29) is 28.5 Å². The molecular formula is C29H30O4. The molecule has 170 valence electrons. The Labute approximate surface area is 194 Å². The van der Waals surface area contributed by atoms with E-state index in [0.717, 1.165) is 33.4 Å². The van der Waals surface area contributed by atoms with Crippen molar-refractivity contribution in [3.8, 4) is 11.5 Å². The first-order chi connectivity index (χ1) is 15.5. The van der Waals surface area contributed by atoms with E-state index in [1.165, 1.54) is 0 Å². The van der Waals surface area contributed by atoms with E-state index < -0.39 is 5.41 Å². The quantitative estimate of drug-likeness (QED) is 0.489. The maximum atomic E-state index is 12.8. The van der Waals surface area contributed by atoms with Crippen molar-refractivity contribution >= 4 is 11.6 Å². The van der Waals surface area contributed by atoms with Gasteiger partial charge in [-0.25, -0.2) is 0 Å². The van der Waals surface area contributed by atoms with E-state index in [4.69, 9.17) is 0 Å². The van der Waals surface area contributed by atoms with Crippen LogP contribution in [0.1, 0.15) is 78.7 Å². The normalized spacial score (nSPS) is 15.2. The minimum absolute atomic E-state index is 0.135. The fourth-order valence-corrected chi connectivity index (χ4v) is 5.39. The number of aromatic hydroxyl groups is 2. The summed E-state index contributed by atoms with van der Waals surface area (Å²) in [5.74, 6) is 0.846. The van der Waals surface area contributed by atoms with Gasteiger partial charge < -0.3 is 15.0 Å². The molecule has 2 aliphatic rings. The van der Waals surface area contributed by atoms with Crippen molar-refractivity contribution < 1.29 is 19.8 Å². The molecule has 5 rings (SSSR count). The highest BCUT2D eigenvalue weighted by molar-refractivity contribution is 6.04. The van der Waals surface area contributed by atoms with E-state index in [2.05, 4.69) is 20.8 Å². The van der Waals surface area contributed by atoms with E-state index in [1.807, 2.05) is 36.4 Å². The van der Waals surface area contributed by atoms with Crippen LogP contribution in [0.2, 0.25) is 0 Å². The first-order valence-electron chi connectivity index (χ1n) is 11.3. The topological polar surface area (TPSA) is 74.6 Å². The van der Waals surface area contributed by atoms with Crippen LogP contribution in [0.25, 0.3) is 0 Å². The van der Waals surface area contributed by atoms with Gasteiger partial charge in [0, 0.05) is 18.4 Å². The Morgan fingerprint density at radius 3 is 1.91 bits per heavy atom. The Kier molecular flexibility index (Phi) is 5.65. The second-order valence-corrected chi connectivity index (χ2v) is 10.3. The molecular weight excluding hydrogens is 412 g/mol. The Morgan fingerprint density at radius 2 is 1.42 bits per heavy atom. The molecule has 0 saturated carbocycles. The average Bonchev–Trinajstić information content (AvgIpc) is 3.00. The number of ketones is 2. The van der Waals surface area contributed by atoms with Crippen LogP contribution in [0.5, 0.6) is 11.5 Å². The molecule has 0 fully saturated rings. The van der Waals surface area contributed by atoms with Crippen LogP contribution in [-0.2, 0) is 16.6 Å². The lowest BCUT2D eigenvalue weighted by atomic mass is 9.63. The van der Waals surface area contributed by atoms with Crippen LogP contribution >= 0.6 is 0 Å². The highest BCUT2D eigenvalue weighted by Crippen LogP contribution is 2.54. The van der Waals surface area contributed by atoms with Crippen molar-refractivity contribution in [2.24, 2.45) is 5.41 Å². The van der Waals surface area contributed by atoms with Crippen LogP contribution < -0.4 is 0 Å². The van der Waals surface area contributed by atoms with Gasteiger partial charge in [-0.3, -0.25) is 4.79 Å². The van der Waals surface area contributed by atoms with Crippen LogP contribution in [0.15, 0.2) is 60.7 Å². The highest BCUT2D eigenvalue weighted by atomic mass is 16.3. The molecule has 1 spiro atoms. The number of benzene rings is 3. The number of phenols is 2. The van der Waals surface area contributed by atoms with Crippen LogP contribution in [-0.4, -0.2) is 21.8 Å². The first-order valence-corrected chi connectivity index (χ1v) is 11.3. The summed E-state index contributed by atoms with van der Waals surface area (Å²) in [6.07, 6.45) is 1.69. The van der Waals surface area contributed by atoms with Gasteiger partial charge in [0.1, 0.15) is 17.3 Å². The van der Waals surface area contributed by atoms with Crippen molar-refractivity contribution in [2.75, 3.05) is 0 Å². The Bertz CT molecular complexity index is 1200. The molecule has 0 aromatic heterocycles. The SMILES string of the molecule is CC(=O)CC(C)(C)C.O=C1CC2(c3ccc(O)cc3Cc3cc(O)ccc32)c2ccccc21. The smallest absolute Gasteiger partial charge is 0.164 e. The second-order valence-electron chi connectivity index (χ2n) is 10.3. The van der Waals surface area contributed by atoms with Crippen molar-refractivity contribution in [1.82, 2.24) is 0 Å². The second kappa shape index (κ2) is 8.18. The molecule has 2 N–H and O–H groups in total.